The second-order valence-corrected chi connectivity index (χ2v) is 8.65. The highest BCUT2D eigenvalue weighted by molar-refractivity contribution is 7.86. The molecule has 1 saturated heterocycles. The lowest BCUT2D eigenvalue weighted by molar-refractivity contribution is 0.289. The van der Waals surface area contributed by atoms with E-state index < -0.39 is 10.2 Å². The number of hydrogen-bond donors (Lipinski definition) is 1. The fourth-order valence-corrected chi connectivity index (χ4v) is 5.07. The quantitative estimate of drug-likeness (QED) is 0.763. The lowest BCUT2D eigenvalue weighted by Gasteiger charge is -2.34. The lowest BCUT2D eigenvalue weighted by Crippen LogP contribution is -2.46. The van der Waals surface area contributed by atoms with Crippen molar-refractivity contribution in [1.82, 2.24) is 18.6 Å². The van der Waals surface area contributed by atoms with Crippen LogP contribution in [-0.2, 0) is 10.2 Å². The van der Waals surface area contributed by atoms with Crippen molar-refractivity contribution < 1.29 is 12.8 Å². The first-order valence-electron chi connectivity index (χ1n) is 9.53. The van der Waals surface area contributed by atoms with Gasteiger partial charge in [-0.3, -0.25) is 4.98 Å². The van der Waals surface area contributed by atoms with E-state index in [2.05, 4.69) is 15.3 Å². The number of rotatable bonds is 7. The third-order valence-corrected chi connectivity index (χ3v) is 7.20. The molecule has 0 bridgehead atoms. The van der Waals surface area contributed by atoms with Crippen molar-refractivity contribution in [2.24, 2.45) is 0 Å². The van der Waals surface area contributed by atoms with E-state index in [0.717, 1.165) is 30.4 Å². The van der Waals surface area contributed by atoms with Crippen molar-refractivity contribution in [3.8, 4) is 0 Å². The van der Waals surface area contributed by atoms with E-state index in [1.54, 1.807) is 16.6 Å². The zero-order valence-electron chi connectivity index (χ0n) is 16.2. The zero-order chi connectivity index (χ0) is 20.1. The smallest absolute Gasteiger partial charge is 0.281 e. The van der Waals surface area contributed by atoms with Crippen molar-refractivity contribution in [3.63, 3.8) is 0 Å². The summed E-state index contributed by atoms with van der Waals surface area (Å²) < 4.78 is 41.3. The van der Waals surface area contributed by atoms with Gasteiger partial charge in [0.2, 0.25) is 0 Å². The van der Waals surface area contributed by atoms with Gasteiger partial charge >= 0.3 is 0 Å². The monoisotopic (exact) mass is 407 g/mol. The topological polar surface area (TPSA) is 78.4 Å². The van der Waals surface area contributed by atoms with Gasteiger partial charge in [0.25, 0.3) is 10.2 Å². The van der Waals surface area contributed by atoms with E-state index in [1.165, 1.54) is 10.4 Å². The molecule has 7 nitrogen and oxygen atoms in total. The third-order valence-electron chi connectivity index (χ3n) is 5.02. The molecule has 1 aliphatic heterocycles. The fourth-order valence-electron chi connectivity index (χ4n) is 3.41. The Hall–Kier alpha value is -2.10. The van der Waals surface area contributed by atoms with Crippen molar-refractivity contribution in [2.45, 2.75) is 32.6 Å². The molecule has 0 amide bonds. The van der Waals surface area contributed by atoms with E-state index >= 15 is 0 Å². The first-order valence-corrected chi connectivity index (χ1v) is 10.9. The van der Waals surface area contributed by atoms with Crippen molar-refractivity contribution >= 4 is 21.7 Å². The number of hydrogen-bond acceptors (Lipinski definition) is 5. The molecular weight excluding hydrogens is 381 g/mol. The van der Waals surface area contributed by atoms with Crippen LogP contribution in [0.25, 0.3) is 0 Å². The van der Waals surface area contributed by atoms with Gasteiger partial charge in [0.15, 0.2) is 0 Å². The van der Waals surface area contributed by atoms with Crippen LogP contribution in [0.5, 0.6) is 0 Å². The van der Waals surface area contributed by atoms with E-state index in [-0.39, 0.29) is 11.7 Å². The van der Waals surface area contributed by atoms with Gasteiger partial charge in [0.05, 0.1) is 18.1 Å². The second kappa shape index (κ2) is 8.93. The van der Waals surface area contributed by atoms with Crippen LogP contribution in [0.2, 0.25) is 0 Å². The first-order chi connectivity index (χ1) is 13.4. The number of anilines is 2. The summed E-state index contributed by atoms with van der Waals surface area (Å²) in [5, 5.41) is 3.08. The van der Waals surface area contributed by atoms with Crippen LogP contribution in [0, 0.1) is 5.82 Å². The molecule has 1 fully saturated rings. The van der Waals surface area contributed by atoms with Crippen LogP contribution in [0.3, 0.4) is 0 Å². The number of nitrogens with one attached hydrogen (secondary N) is 1. The fraction of sp³-hybridized carbons (Fsp3) is 0.474. The maximum Gasteiger partial charge on any atom is 0.281 e. The Morgan fingerprint density at radius 1 is 1.11 bits per heavy atom. The molecular formula is C19H26FN5O2S. The Bertz CT molecular complexity index is 862. The molecule has 1 N–H and O–H groups in total. The summed E-state index contributed by atoms with van der Waals surface area (Å²) in [5.74, 6) is 0.403. The van der Waals surface area contributed by atoms with Crippen LogP contribution < -0.4 is 5.32 Å². The molecule has 0 aromatic carbocycles. The van der Waals surface area contributed by atoms with Gasteiger partial charge < -0.3 is 5.32 Å². The molecule has 3 rings (SSSR count). The minimum Gasteiger partial charge on any atom is -0.339 e. The molecule has 1 aliphatic rings. The molecule has 0 unspecified atom stereocenters. The number of nitrogens with zero attached hydrogens (tertiary/aromatic N) is 4. The highest BCUT2D eigenvalue weighted by atomic mass is 32.2. The summed E-state index contributed by atoms with van der Waals surface area (Å²) in [6.45, 7) is 5.69. The van der Waals surface area contributed by atoms with Crippen molar-refractivity contribution in [1.29, 1.82) is 0 Å². The van der Waals surface area contributed by atoms with Gasteiger partial charge in [0, 0.05) is 37.8 Å². The lowest BCUT2D eigenvalue weighted by atomic mass is 9.94. The van der Waals surface area contributed by atoms with E-state index in [4.69, 9.17) is 0 Å². The Morgan fingerprint density at radius 2 is 1.82 bits per heavy atom. The summed E-state index contributed by atoms with van der Waals surface area (Å²) in [7, 11) is -3.37. The van der Waals surface area contributed by atoms with Crippen molar-refractivity contribution in [3.05, 3.63) is 48.2 Å². The molecule has 0 radical (unpaired) electrons. The molecule has 0 atom stereocenters. The Morgan fingerprint density at radius 3 is 2.36 bits per heavy atom. The van der Waals surface area contributed by atoms with Gasteiger partial charge in [-0.05, 0) is 37.1 Å². The van der Waals surface area contributed by atoms with Crippen LogP contribution in [0.1, 0.15) is 38.3 Å². The van der Waals surface area contributed by atoms with Gasteiger partial charge in [-0.25, -0.2) is 9.37 Å². The number of pyridine rings is 2. The van der Waals surface area contributed by atoms with Gasteiger partial charge in [-0.2, -0.15) is 17.0 Å². The number of aromatic nitrogens is 2. The average molecular weight is 408 g/mol. The molecule has 2 aromatic heterocycles. The van der Waals surface area contributed by atoms with Gasteiger partial charge in [-0.1, -0.05) is 13.8 Å². The summed E-state index contributed by atoms with van der Waals surface area (Å²) in [4.78, 5) is 8.49. The summed E-state index contributed by atoms with van der Waals surface area (Å²) >= 11 is 0. The molecule has 152 valence electrons. The summed E-state index contributed by atoms with van der Waals surface area (Å²) in [6.07, 6.45) is 4.38. The number of piperidine rings is 1. The summed E-state index contributed by atoms with van der Waals surface area (Å²) in [5.41, 5.74) is 1.72. The highest BCUT2D eigenvalue weighted by Gasteiger charge is 2.32. The molecule has 0 saturated carbocycles. The predicted octanol–water partition coefficient (Wildman–Crippen LogP) is 3.13. The zero-order valence-corrected chi connectivity index (χ0v) is 17.0. The number of halogens is 1. The predicted molar refractivity (Wildman–Crippen MR) is 107 cm³/mol. The Kier molecular flexibility index (Phi) is 6.58. The molecule has 9 heteroatoms. The molecule has 2 aromatic rings. The van der Waals surface area contributed by atoms with Crippen LogP contribution >= 0.6 is 0 Å². The van der Waals surface area contributed by atoms with Crippen LogP contribution in [0.15, 0.2) is 36.7 Å². The average Bonchev–Trinajstić information content (AvgIpc) is 2.71. The van der Waals surface area contributed by atoms with Gasteiger partial charge in [0.1, 0.15) is 11.6 Å². The SMILES string of the molecule is CCN(CC)S(=O)(=O)N1CCC(c2ccc(Nc3ccc(F)cn3)cn2)CC1. The van der Waals surface area contributed by atoms with Crippen molar-refractivity contribution in [2.75, 3.05) is 31.5 Å². The third kappa shape index (κ3) is 4.65. The van der Waals surface area contributed by atoms with E-state index in [1.807, 2.05) is 26.0 Å². The molecule has 28 heavy (non-hydrogen) atoms. The minimum atomic E-state index is -3.37. The van der Waals surface area contributed by atoms with E-state index in [9.17, 15) is 12.8 Å². The molecule has 0 aliphatic carbocycles. The largest absolute Gasteiger partial charge is 0.339 e. The Labute approximate surface area is 165 Å². The maximum absolute atomic E-state index is 12.9. The first kappa shape index (κ1) is 20.6. The minimum absolute atomic E-state index is 0.237. The Balaban J connectivity index is 1.59. The van der Waals surface area contributed by atoms with Crippen LogP contribution in [-0.4, -0.2) is 53.2 Å². The molecule has 3 heterocycles. The molecule has 0 spiro atoms. The standard InChI is InChI=1S/C19H26FN5O2S/c1-3-24(4-2)28(26,27)25-11-9-15(10-12-25)18-7-6-17(14-21-18)23-19-8-5-16(20)13-22-19/h5-8,13-15H,3-4,9-12H2,1-2H3,(H,22,23). The normalized spacial score (nSPS) is 16.4. The maximum atomic E-state index is 12.9. The highest BCUT2D eigenvalue weighted by Crippen LogP contribution is 2.29. The summed E-state index contributed by atoms with van der Waals surface area (Å²) in [6, 6.07) is 6.77. The van der Waals surface area contributed by atoms with E-state index in [0.29, 0.717) is 32.0 Å². The van der Waals surface area contributed by atoms with Crippen LogP contribution in [0.4, 0.5) is 15.9 Å². The second-order valence-electron chi connectivity index (χ2n) is 6.72. The van der Waals surface area contributed by atoms with Gasteiger partial charge in [-0.15, -0.1) is 0 Å².